The Morgan fingerprint density at radius 1 is 1.32 bits per heavy atom. The zero-order valence-corrected chi connectivity index (χ0v) is 12.6. The highest BCUT2D eigenvalue weighted by Gasteiger charge is 2.46. The molecule has 22 heavy (non-hydrogen) atoms. The molecule has 1 saturated heterocycles. The number of anilines is 1. The van der Waals surface area contributed by atoms with Gasteiger partial charge in [0.2, 0.25) is 0 Å². The summed E-state index contributed by atoms with van der Waals surface area (Å²) in [7, 11) is 4.27. The Morgan fingerprint density at radius 2 is 2.09 bits per heavy atom. The topological polar surface area (TPSA) is 93.7 Å². The van der Waals surface area contributed by atoms with Crippen LogP contribution in [-0.4, -0.2) is 60.7 Å². The van der Waals surface area contributed by atoms with E-state index in [2.05, 4.69) is 9.97 Å². The molecule has 4 atom stereocenters. The third-order valence-electron chi connectivity index (χ3n) is 3.73. The summed E-state index contributed by atoms with van der Waals surface area (Å²) in [6, 6.07) is 1.66. The van der Waals surface area contributed by atoms with Crippen molar-refractivity contribution in [2.45, 2.75) is 24.5 Å². The second-order valence-corrected chi connectivity index (χ2v) is 4.89. The summed E-state index contributed by atoms with van der Waals surface area (Å²) in [5.41, 5.74) is 7.48. The first-order valence-corrected chi connectivity index (χ1v) is 6.77. The highest BCUT2D eigenvalue weighted by Crippen LogP contribution is 2.35. The summed E-state index contributed by atoms with van der Waals surface area (Å²) < 4.78 is 39.5. The first-order valence-electron chi connectivity index (χ1n) is 7.77. The van der Waals surface area contributed by atoms with Gasteiger partial charge in [0.25, 0.3) is 0 Å². The Balaban J connectivity index is 2.04. The molecule has 8 heteroatoms. The fraction of sp³-hybridized carbons (Fsp3) is 0.571. The van der Waals surface area contributed by atoms with Crippen LogP contribution in [0.2, 0.25) is 0 Å². The van der Waals surface area contributed by atoms with E-state index >= 15 is 0 Å². The van der Waals surface area contributed by atoms with Crippen molar-refractivity contribution in [2.24, 2.45) is 0 Å². The van der Waals surface area contributed by atoms with Crippen LogP contribution in [0.3, 0.4) is 0 Å². The van der Waals surface area contributed by atoms with Crippen molar-refractivity contribution in [3.05, 3.63) is 18.6 Å². The number of methoxy groups -OCH3 is 3. The minimum Gasteiger partial charge on any atom is -0.397 e. The van der Waals surface area contributed by atoms with Crippen LogP contribution in [0.25, 0.3) is 11.2 Å². The van der Waals surface area contributed by atoms with Gasteiger partial charge in [0.1, 0.15) is 23.8 Å². The Bertz CT molecular complexity index is 726. The molecule has 0 aromatic carbocycles. The third kappa shape index (κ3) is 2.34. The van der Waals surface area contributed by atoms with E-state index in [1.165, 1.54) is 21.3 Å². The molecule has 3 rings (SSSR count). The maximum Gasteiger partial charge on any atom is 0.166 e. The van der Waals surface area contributed by atoms with Gasteiger partial charge in [-0.05, 0) is 6.07 Å². The standard InChI is InChI=1S/C14H20N4O4/c1-19-6-9-11(20-2)12(21-3)14(22-9)18-7-17-10-8(15)4-5-16-13(10)18/h4-5,7,9,11-12,14H,6H2,1-3H3,(H2,15,16)/t9-,11?,12+,14-/m1/s1/i6D2. The van der Waals surface area contributed by atoms with Gasteiger partial charge in [-0.2, -0.15) is 0 Å². The molecule has 0 saturated carbocycles. The zero-order chi connectivity index (χ0) is 17.5. The number of aromatic nitrogens is 3. The first-order chi connectivity index (χ1) is 11.4. The fourth-order valence-corrected chi connectivity index (χ4v) is 2.72. The van der Waals surface area contributed by atoms with E-state index in [-0.39, 0.29) is 0 Å². The molecule has 2 aromatic rings. The van der Waals surface area contributed by atoms with Crippen LogP contribution < -0.4 is 5.73 Å². The van der Waals surface area contributed by atoms with Gasteiger partial charge in [-0.3, -0.25) is 4.57 Å². The Morgan fingerprint density at radius 3 is 2.77 bits per heavy atom. The van der Waals surface area contributed by atoms with Crippen molar-refractivity contribution in [1.29, 1.82) is 0 Å². The molecule has 2 N–H and O–H groups in total. The molecule has 0 amide bonds. The van der Waals surface area contributed by atoms with Gasteiger partial charge in [-0.1, -0.05) is 0 Å². The maximum atomic E-state index is 8.01. The van der Waals surface area contributed by atoms with E-state index in [1.807, 2.05) is 0 Å². The zero-order valence-electron chi connectivity index (χ0n) is 14.6. The van der Waals surface area contributed by atoms with E-state index in [1.54, 1.807) is 23.2 Å². The van der Waals surface area contributed by atoms with Crippen LogP contribution in [0.4, 0.5) is 5.69 Å². The van der Waals surface area contributed by atoms with Crippen LogP contribution in [0.15, 0.2) is 18.6 Å². The molecule has 1 aliphatic heterocycles. The van der Waals surface area contributed by atoms with Crippen LogP contribution in [0.5, 0.6) is 0 Å². The van der Waals surface area contributed by atoms with Gasteiger partial charge in [-0.25, -0.2) is 9.97 Å². The van der Waals surface area contributed by atoms with Crippen molar-refractivity contribution in [2.75, 3.05) is 33.6 Å². The van der Waals surface area contributed by atoms with Crippen molar-refractivity contribution in [3.8, 4) is 0 Å². The number of nitrogens with zero attached hydrogens (tertiary/aromatic N) is 3. The average molecular weight is 310 g/mol. The van der Waals surface area contributed by atoms with Crippen LogP contribution in [-0.2, 0) is 18.9 Å². The lowest BCUT2D eigenvalue weighted by molar-refractivity contribution is -0.0636. The lowest BCUT2D eigenvalue weighted by Gasteiger charge is -2.21. The number of nitrogen functional groups attached to an aromatic ring is 1. The fourth-order valence-electron chi connectivity index (χ4n) is 2.72. The molecule has 3 heterocycles. The van der Waals surface area contributed by atoms with E-state index in [0.29, 0.717) is 16.9 Å². The Kier molecular flexibility index (Phi) is 3.58. The Labute approximate surface area is 130 Å². The van der Waals surface area contributed by atoms with Crippen LogP contribution >= 0.6 is 0 Å². The van der Waals surface area contributed by atoms with Gasteiger partial charge < -0.3 is 24.7 Å². The molecule has 1 unspecified atom stereocenters. The molecule has 8 nitrogen and oxygen atoms in total. The number of rotatable bonds is 5. The molecule has 0 spiro atoms. The number of fused-ring (bicyclic) bond motifs is 1. The Hall–Kier alpha value is -1.74. The van der Waals surface area contributed by atoms with Crippen molar-refractivity contribution in [1.82, 2.24) is 14.5 Å². The highest BCUT2D eigenvalue weighted by atomic mass is 16.6. The van der Waals surface area contributed by atoms with E-state index in [0.717, 1.165) is 0 Å². The monoisotopic (exact) mass is 310 g/mol. The summed E-state index contributed by atoms with van der Waals surface area (Å²) in [6.07, 6.45) is 0.198. The number of pyridine rings is 1. The highest BCUT2D eigenvalue weighted by molar-refractivity contribution is 5.83. The second kappa shape index (κ2) is 6.17. The van der Waals surface area contributed by atoms with Gasteiger partial charge >= 0.3 is 0 Å². The molecular formula is C14H20N4O4. The van der Waals surface area contributed by atoms with Crippen LogP contribution in [0.1, 0.15) is 8.97 Å². The van der Waals surface area contributed by atoms with E-state index in [9.17, 15) is 0 Å². The van der Waals surface area contributed by atoms with Crippen molar-refractivity contribution in [3.63, 3.8) is 0 Å². The van der Waals surface area contributed by atoms with Crippen molar-refractivity contribution < 1.29 is 21.7 Å². The first kappa shape index (κ1) is 12.8. The van der Waals surface area contributed by atoms with Gasteiger partial charge in [0.15, 0.2) is 11.9 Å². The van der Waals surface area contributed by atoms with E-state index < -0.39 is 31.1 Å². The third-order valence-corrected chi connectivity index (χ3v) is 3.73. The smallest absolute Gasteiger partial charge is 0.166 e. The minimum atomic E-state index is -2.05. The predicted molar refractivity (Wildman–Crippen MR) is 79.3 cm³/mol. The largest absolute Gasteiger partial charge is 0.397 e. The number of hydrogen-bond acceptors (Lipinski definition) is 7. The SMILES string of the molecule is [2H]C([2H])(OC)[C@H]1O[C@@H](n2cnc3c(N)ccnc32)[C@@H](OC)C1OC. The summed E-state index contributed by atoms with van der Waals surface area (Å²) in [5.74, 6) is 0. The quantitative estimate of drug-likeness (QED) is 0.863. The molecule has 0 radical (unpaired) electrons. The van der Waals surface area contributed by atoms with Gasteiger partial charge in [0.05, 0.1) is 21.3 Å². The maximum absolute atomic E-state index is 8.01. The molecular weight excluding hydrogens is 288 g/mol. The number of nitrogens with two attached hydrogens (primary N) is 1. The molecule has 2 aromatic heterocycles. The number of hydrogen-bond donors (Lipinski definition) is 1. The summed E-state index contributed by atoms with van der Waals surface area (Å²) in [6.45, 7) is -2.05. The van der Waals surface area contributed by atoms with Gasteiger partial charge in [0, 0.05) is 27.5 Å². The lowest BCUT2D eigenvalue weighted by Crippen LogP contribution is -2.36. The summed E-state index contributed by atoms with van der Waals surface area (Å²) in [5, 5.41) is 0. The average Bonchev–Trinajstić information content (AvgIpc) is 3.16. The second-order valence-electron chi connectivity index (χ2n) is 4.89. The number of ether oxygens (including phenoxy) is 4. The van der Waals surface area contributed by atoms with Crippen molar-refractivity contribution >= 4 is 16.9 Å². The number of imidazole rings is 1. The summed E-state index contributed by atoms with van der Waals surface area (Å²) >= 11 is 0. The molecule has 1 aliphatic rings. The predicted octanol–water partition coefficient (Wildman–Crippen LogP) is 0.587. The lowest BCUT2D eigenvalue weighted by atomic mass is 10.1. The minimum absolute atomic E-state index is 0.498. The van der Waals surface area contributed by atoms with Crippen LogP contribution in [0, 0.1) is 0 Å². The normalized spacial score (nSPS) is 30.5. The van der Waals surface area contributed by atoms with E-state index in [4.69, 9.17) is 27.4 Å². The molecule has 120 valence electrons. The molecule has 1 fully saturated rings. The van der Waals surface area contributed by atoms with Gasteiger partial charge in [-0.15, -0.1) is 0 Å². The summed E-state index contributed by atoms with van der Waals surface area (Å²) in [4.78, 5) is 8.56. The molecule has 0 aliphatic carbocycles. The molecule has 0 bridgehead atoms.